The fraction of sp³-hybridized carbons (Fsp3) is 0.167. The molecule has 6 nitrogen and oxygen atoms in total. The lowest BCUT2D eigenvalue weighted by molar-refractivity contribution is -0.105. The van der Waals surface area contributed by atoms with Crippen LogP contribution in [0.3, 0.4) is 0 Å². The van der Waals surface area contributed by atoms with Crippen molar-refractivity contribution in [2.45, 2.75) is 0 Å². The predicted molar refractivity (Wildman–Crippen MR) is 41.1 cm³/mol. The molecule has 0 radical (unpaired) electrons. The lowest BCUT2D eigenvalue weighted by atomic mass is 10.6. The van der Waals surface area contributed by atoms with Crippen molar-refractivity contribution in [1.29, 1.82) is 0 Å². The summed E-state index contributed by atoms with van der Waals surface area (Å²) in [6.45, 7) is 0. The summed E-state index contributed by atoms with van der Waals surface area (Å²) in [5.74, 6) is 0.158. The average molecular weight is 169 g/mol. The number of hydrogen-bond acceptors (Lipinski definition) is 4. The number of rotatable bonds is 3. The van der Waals surface area contributed by atoms with Gasteiger partial charge in [-0.15, -0.1) is 0 Å². The number of carbonyl (C=O) groups excluding carboxylic acids is 1. The smallest absolute Gasteiger partial charge is 0.298 e. The summed E-state index contributed by atoms with van der Waals surface area (Å²) in [4.78, 5) is 26.8. The summed E-state index contributed by atoms with van der Waals surface area (Å²) in [7, 11) is 1.36. The molecule has 0 unspecified atom stereocenters. The number of amides is 1. The third kappa shape index (κ3) is 1.82. The molecular weight excluding hydrogens is 162 g/mol. The molecule has 1 amide bonds. The van der Waals surface area contributed by atoms with Gasteiger partial charge in [0.05, 0.1) is 7.11 Å². The molecule has 1 aromatic rings. The maximum atomic E-state index is 10.8. The topological polar surface area (TPSA) is 84.1 Å². The van der Waals surface area contributed by atoms with Gasteiger partial charge in [0.2, 0.25) is 6.41 Å². The second-order valence-electron chi connectivity index (χ2n) is 1.90. The summed E-state index contributed by atoms with van der Waals surface area (Å²) in [5, 5.41) is 2.23. The maximum Gasteiger partial charge on any atom is 0.298 e. The lowest BCUT2D eigenvalue weighted by Crippen LogP contribution is -2.10. The maximum absolute atomic E-state index is 10.8. The monoisotopic (exact) mass is 169 g/mol. The lowest BCUT2D eigenvalue weighted by Gasteiger charge is -1.99. The van der Waals surface area contributed by atoms with E-state index >= 15 is 0 Å². The first kappa shape index (κ1) is 8.25. The van der Waals surface area contributed by atoms with Gasteiger partial charge in [-0.1, -0.05) is 0 Å². The number of H-pyrrole nitrogens is 1. The molecule has 0 aliphatic carbocycles. The van der Waals surface area contributed by atoms with Gasteiger partial charge in [-0.05, 0) is 0 Å². The molecule has 0 aliphatic rings. The molecule has 0 fully saturated rings. The Morgan fingerprint density at radius 2 is 2.50 bits per heavy atom. The Labute approximate surface area is 67.6 Å². The third-order valence-corrected chi connectivity index (χ3v) is 1.12. The fourth-order valence-corrected chi connectivity index (χ4v) is 0.666. The molecule has 64 valence electrons. The zero-order valence-electron chi connectivity index (χ0n) is 6.33. The summed E-state index contributed by atoms with van der Waals surface area (Å²) < 4.78 is 4.66. The highest BCUT2D eigenvalue weighted by atomic mass is 16.5. The van der Waals surface area contributed by atoms with Gasteiger partial charge in [-0.25, -0.2) is 0 Å². The van der Waals surface area contributed by atoms with Gasteiger partial charge >= 0.3 is 0 Å². The summed E-state index contributed by atoms with van der Waals surface area (Å²) in [6, 6.07) is 1.21. The van der Waals surface area contributed by atoms with Crippen LogP contribution >= 0.6 is 0 Å². The minimum Gasteiger partial charge on any atom is -0.468 e. The van der Waals surface area contributed by atoms with Gasteiger partial charge in [0.15, 0.2) is 0 Å². The van der Waals surface area contributed by atoms with Gasteiger partial charge in [0.25, 0.3) is 11.6 Å². The van der Waals surface area contributed by atoms with Gasteiger partial charge in [0, 0.05) is 6.07 Å². The van der Waals surface area contributed by atoms with Gasteiger partial charge in [-0.2, -0.15) is 4.98 Å². The number of ether oxygens (including phenoxy) is 1. The molecule has 1 rings (SSSR count). The number of aromatic amines is 1. The molecule has 1 heterocycles. The summed E-state index contributed by atoms with van der Waals surface area (Å²) in [6.07, 6.45) is 0.432. The summed E-state index contributed by atoms with van der Waals surface area (Å²) >= 11 is 0. The van der Waals surface area contributed by atoms with Gasteiger partial charge < -0.3 is 10.1 Å². The third-order valence-electron chi connectivity index (χ3n) is 1.12. The first-order chi connectivity index (χ1) is 5.76. The van der Waals surface area contributed by atoms with E-state index in [1.807, 2.05) is 0 Å². The van der Waals surface area contributed by atoms with Crippen LogP contribution in [0.15, 0.2) is 10.9 Å². The molecular formula is C6H7N3O3. The Kier molecular flexibility index (Phi) is 2.42. The SMILES string of the molecule is COc1nc(NC=O)cc(=O)[nH]1. The van der Waals surface area contributed by atoms with E-state index in [1.54, 1.807) is 0 Å². The van der Waals surface area contributed by atoms with Crippen LogP contribution in [0.25, 0.3) is 0 Å². The highest BCUT2D eigenvalue weighted by Gasteiger charge is 1.98. The average Bonchev–Trinajstić information content (AvgIpc) is 2.04. The second-order valence-corrected chi connectivity index (χ2v) is 1.90. The fourth-order valence-electron chi connectivity index (χ4n) is 0.666. The number of hydrogen-bond donors (Lipinski definition) is 2. The van der Waals surface area contributed by atoms with Crippen molar-refractivity contribution in [3.8, 4) is 6.01 Å². The minimum atomic E-state index is -0.383. The Morgan fingerprint density at radius 1 is 1.75 bits per heavy atom. The Morgan fingerprint density at radius 3 is 3.08 bits per heavy atom. The first-order valence-electron chi connectivity index (χ1n) is 3.12. The van der Waals surface area contributed by atoms with Crippen LogP contribution in [0.1, 0.15) is 0 Å². The molecule has 0 saturated carbocycles. The zero-order valence-corrected chi connectivity index (χ0v) is 6.33. The number of nitrogens with zero attached hydrogens (tertiary/aromatic N) is 1. The highest BCUT2D eigenvalue weighted by Crippen LogP contribution is 2.01. The predicted octanol–water partition coefficient (Wildman–Crippen LogP) is -0.653. The van der Waals surface area contributed by atoms with Crippen molar-refractivity contribution < 1.29 is 9.53 Å². The van der Waals surface area contributed by atoms with Crippen LogP contribution in [0.5, 0.6) is 6.01 Å². The molecule has 0 aromatic carbocycles. The Balaban J connectivity index is 3.05. The number of anilines is 1. The van der Waals surface area contributed by atoms with Crippen molar-refractivity contribution in [2.75, 3.05) is 12.4 Å². The first-order valence-corrected chi connectivity index (χ1v) is 3.12. The van der Waals surface area contributed by atoms with Crippen LogP contribution in [0, 0.1) is 0 Å². The van der Waals surface area contributed by atoms with E-state index in [9.17, 15) is 9.59 Å². The largest absolute Gasteiger partial charge is 0.468 e. The molecule has 12 heavy (non-hydrogen) atoms. The van der Waals surface area contributed by atoms with E-state index < -0.39 is 0 Å². The highest BCUT2D eigenvalue weighted by molar-refractivity contribution is 5.68. The van der Waals surface area contributed by atoms with Crippen LogP contribution in [-0.2, 0) is 4.79 Å². The standard InChI is InChI=1S/C6H7N3O3/c1-12-6-8-4(7-3-10)2-5(11)9-6/h2-3H,1H3,(H2,7,8,9,10,11). The molecule has 6 heteroatoms. The molecule has 2 N–H and O–H groups in total. The number of nitrogens with one attached hydrogen (secondary N) is 2. The van der Waals surface area contributed by atoms with Crippen molar-refractivity contribution in [2.24, 2.45) is 0 Å². The van der Waals surface area contributed by atoms with E-state index in [0.29, 0.717) is 6.41 Å². The minimum absolute atomic E-state index is 0.0619. The van der Waals surface area contributed by atoms with Crippen LogP contribution < -0.4 is 15.6 Å². The quantitative estimate of drug-likeness (QED) is 0.588. The van der Waals surface area contributed by atoms with E-state index in [2.05, 4.69) is 20.0 Å². The molecule has 0 saturated heterocycles. The van der Waals surface area contributed by atoms with E-state index in [-0.39, 0.29) is 17.4 Å². The molecule has 0 aliphatic heterocycles. The number of aromatic nitrogens is 2. The van der Waals surface area contributed by atoms with Crippen molar-refractivity contribution in [3.05, 3.63) is 16.4 Å². The number of carbonyl (C=O) groups is 1. The van der Waals surface area contributed by atoms with Crippen molar-refractivity contribution in [1.82, 2.24) is 9.97 Å². The van der Waals surface area contributed by atoms with Gasteiger partial charge in [-0.3, -0.25) is 14.6 Å². The van der Waals surface area contributed by atoms with Gasteiger partial charge in [0.1, 0.15) is 5.82 Å². The van der Waals surface area contributed by atoms with E-state index in [1.165, 1.54) is 7.11 Å². The second kappa shape index (κ2) is 3.51. The van der Waals surface area contributed by atoms with Crippen LogP contribution in [0.4, 0.5) is 5.82 Å². The van der Waals surface area contributed by atoms with Crippen molar-refractivity contribution in [3.63, 3.8) is 0 Å². The zero-order chi connectivity index (χ0) is 8.97. The molecule has 0 atom stereocenters. The molecule has 0 spiro atoms. The molecule has 1 aromatic heterocycles. The van der Waals surface area contributed by atoms with Crippen LogP contribution in [0.2, 0.25) is 0 Å². The van der Waals surface area contributed by atoms with E-state index in [0.717, 1.165) is 6.07 Å². The normalized spacial score (nSPS) is 9.08. The van der Waals surface area contributed by atoms with Crippen molar-refractivity contribution >= 4 is 12.2 Å². The van der Waals surface area contributed by atoms with E-state index in [4.69, 9.17) is 0 Å². The number of methoxy groups -OCH3 is 1. The Hall–Kier alpha value is -1.85. The summed E-state index contributed by atoms with van der Waals surface area (Å²) in [5.41, 5.74) is -0.383. The Bertz CT molecular complexity index is 333. The van der Waals surface area contributed by atoms with Crippen LogP contribution in [-0.4, -0.2) is 23.5 Å². The molecule has 0 bridgehead atoms.